The number of nitrogens with one attached hydrogen (secondary N) is 1. The van der Waals surface area contributed by atoms with E-state index in [1.807, 2.05) is 31.2 Å². The summed E-state index contributed by atoms with van der Waals surface area (Å²) in [6.45, 7) is 2.60. The molecule has 24 heavy (non-hydrogen) atoms. The van der Waals surface area contributed by atoms with E-state index < -0.39 is 0 Å². The highest BCUT2D eigenvalue weighted by Gasteiger charge is 2.18. The lowest BCUT2D eigenvalue weighted by atomic mass is 10.1. The Morgan fingerprint density at radius 1 is 1.25 bits per heavy atom. The van der Waals surface area contributed by atoms with Gasteiger partial charge in [-0.05, 0) is 37.5 Å². The molecule has 1 aliphatic heterocycles. The summed E-state index contributed by atoms with van der Waals surface area (Å²) >= 11 is 0. The van der Waals surface area contributed by atoms with Crippen molar-refractivity contribution in [1.29, 1.82) is 0 Å². The van der Waals surface area contributed by atoms with Gasteiger partial charge >= 0.3 is 0 Å². The predicted octanol–water partition coefficient (Wildman–Crippen LogP) is 2.13. The lowest BCUT2D eigenvalue weighted by molar-refractivity contribution is -0.135. The Labute approximate surface area is 142 Å². The van der Waals surface area contributed by atoms with Crippen molar-refractivity contribution in [2.75, 3.05) is 20.2 Å². The minimum absolute atomic E-state index is 0.0570. The summed E-state index contributed by atoms with van der Waals surface area (Å²) in [6, 6.07) is 7.73. The summed E-state index contributed by atoms with van der Waals surface area (Å²) in [6.07, 6.45) is 4.10. The van der Waals surface area contributed by atoms with Crippen LogP contribution < -0.4 is 10.2 Å². The third-order valence-electron chi connectivity index (χ3n) is 4.00. The van der Waals surface area contributed by atoms with Crippen molar-refractivity contribution in [1.82, 2.24) is 10.3 Å². The Morgan fingerprint density at radius 2 is 2.00 bits per heavy atom. The normalized spacial score (nSPS) is 15.8. The van der Waals surface area contributed by atoms with Gasteiger partial charge in [-0.3, -0.25) is 9.59 Å². The monoisotopic (exact) mass is 331 g/mol. The zero-order chi connectivity index (χ0) is 17.4. The van der Waals surface area contributed by atoms with Crippen LogP contribution in [0.2, 0.25) is 0 Å². The number of carbonyl (C=O) groups excluding carboxylic acids is 2. The molecule has 1 aliphatic rings. The number of amides is 2. The van der Waals surface area contributed by atoms with Crippen LogP contribution in [-0.2, 0) is 16.0 Å². The number of nitrogens with zero attached hydrogens (tertiary/aromatic N) is 2. The maximum atomic E-state index is 12.0. The van der Waals surface area contributed by atoms with Gasteiger partial charge in [0, 0.05) is 25.1 Å². The lowest BCUT2D eigenvalue weighted by Crippen LogP contribution is -2.39. The third-order valence-corrected chi connectivity index (χ3v) is 4.00. The van der Waals surface area contributed by atoms with E-state index in [2.05, 4.69) is 10.5 Å². The summed E-state index contributed by atoms with van der Waals surface area (Å²) in [7, 11) is 1.63. The number of hydrogen-bond acceptors (Lipinski definition) is 4. The first-order valence-electron chi connectivity index (χ1n) is 8.31. The van der Waals surface area contributed by atoms with Gasteiger partial charge in [0.15, 0.2) is 0 Å². The van der Waals surface area contributed by atoms with Crippen molar-refractivity contribution in [2.24, 2.45) is 5.10 Å². The fourth-order valence-corrected chi connectivity index (χ4v) is 2.65. The number of likely N-dealkylation sites (tertiary alicyclic amines) is 1. The van der Waals surface area contributed by atoms with Crippen LogP contribution in [-0.4, -0.2) is 42.6 Å². The van der Waals surface area contributed by atoms with Gasteiger partial charge in [-0.15, -0.1) is 0 Å². The van der Waals surface area contributed by atoms with Crippen molar-refractivity contribution in [3.63, 3.8) is 0 Å². The fraction of sp³-hybridized carbons (Fsp3) is 0.500. The molecule has 1 N–H and O–H groups in total. The molecular weight excluding hydrogens is 306 g/mol. The summed E-state index contributed by atoms with van der Waals surface area (Å²) in [5.74, 6) is 0.615. The Kier molecular flexibility index (Phi) is 6.78. The average Bonchev–Trinajstić information content (AvgIpc) is 2.78. The second kappa shape index (κ2) is 9.05. The van der Waals surface area contributed by atoms with Crippen LogP contribution in [0.4, 0.5) is 0 Å². The molecular formula is C18H25N3O3. The van der Waals surface area contributed by atoms with Crippen LogP contribution in [0.25, 0.3) is 0 Å². The van der Waals surface area contributed by atoms with Gasteiger partial charge in [-0.2, -0.15) is 5.10 Å². The summed E-state index contributed by atoms with van der Waals surface area (Å²) in [5, 5.41) is 4.12. The van der Waals surface area contributed by atoms with Gasteiger partial charge in [0.25, 0.3) is 5.91 Å². The summed E-state index contributed by atoms with van der Waals surface area (Å²) < 4.78 is 5.12. The van der Waals surface area contributed by atoms with Crippen molar-refractivity contribution >= 4 is 17.5 Å². The molecule has 0 atom stereocenters. The number of carbonyl (C=O) groups is 2. The van der Waals surface area contributed by atoms with Gasteiger partial charge in [-0.25, -0.2) is 5.43 Å². The second-order valence-corrected chi connectivity index (χ2v) is 6.03. The number of methoxy groups -OCH3 is 1. The van der Waals surface area contributed by atoms with E-state index in [9.17, 15) is 9.59 Å². The van der Waals surface area contributed by atoms with E-state index in [0.29, 0.717) is 19.4 Å². The van der Waals surface area contributed by atoms with Crippen LogP contribution >= 0.6 is 0 Å². The standard InChI is InChI=1S/C18H25N3O3/c1-14(12-15-7-9-16(24-2)10-8-15)19-20-17(22)13-21-11-5-3-4-6-18(21)23/h7-10H,3-6,11-13H2,1-2H3,(H,20,22)/b19-14-. The molecule has 0 saturated carbocycles. The Balaban J connectivity index is 1.82. The molecule has 1 heterocycles. The molecule has 1 saturated heterocycles. The zero-order valence-corrected chi connectivity index (χ0v) is 14.4. The Hall–Kier alpha value is -2.37. The van der Waals surface area contributed by atoms with Gasteiger partial charge < -0.3 is 9.64 Å². The van der Waals surface area contributed by atoms with Gasteiger partial charge in [-0.1, -0.05) is 18.6 Å². The highest BCUT2D eigenvalue weighted by molar-refractivity contribution is 5.88. The average molecular weight is 331 g/mol. The molecule has 1 aromatic rings. The molecule has 0 radical (unpaired) electrons. The fourth-order valence-electron chi connectivity index (χ4n) is 2.65. The maximum Gasteiger partial charge on any atom is 0.259 e. The number of ether oxygens (including phenoxy) is 1. The van der Waals surface area contributed by atoms with E-state index in [-0.39, 0.29) is 18.4 Å². The highest BCUT2D eigenvalue weighted by Crippen LogP contribution is 2.12. The molecule has 1 fully saturated rings. The first kappa shape index (κ1) is 18.0. The molecule has 0 aromatic heterocycles. The van der Waals surface area contributed by atoms with Crippen LogP contribution in [0.3, 0.4) is 0 Å². The number of hydrogen-bond donors (Lipinski definition) is 1. The van der Waals surface area contributed by atoms with E-state index in [1.165, 1.54) is 0 Å². The van der Waals surface area contributed by atoms with Gasteiger partial charge in [0.1, 0.15) is 12.3 Å². The van der Waals surface area contributed by atoms with Crippen molar-refractivity contribution < 1.29 is 14.3 Å². The zero-order valence-electron chi connectivity index (χ0n) is 14.4. The first-order chi connectivity index (χ1) is 11.6. The topological polar surface area (TPSA) is 71.0 Å². The Bertz CT molecular complexity index is 596. The van der Waals surface area contributed by atoms with Crippen molar-refractivity contribution in [3.05, 3.63) is 29.8 Å². The molecule has 2 rings (SSSR count). The second-order valence-electron chi connectivity index (χ2n) is 6.03. The highest BCUT2D eigenvalue weighted by atomic mass is 16.5. The molecule has 0 unspecified atom stereocenters. The summed E-state index contributed by atoms with van der Waals surface area (Å²) in [4.78, 5) is 25.5. The number of rotatable bonds is 6. The minimum atomic E-state index is -0.251. The molecule has 2 amide bonds. The number of hydrazone groups is 1. The molecule has 0 aliphatic carbocycles. The first-order valence-corrected chi connectivity index (χ1v) is 8.31. The molecule has 6 nitrogen and oxygen atoms in total. The SMILES string of the molecule is COc1ccc(C/C(C)=N\NC(=O)CN2CCCCCC2=O)cc1. The Morgan fingerprint density at radius 3 is 2.71 bits per heavy atom. The van der Waals surface area contributed by atoms with Gasteiger partial charge in [0.2, 0.25) is 5.91 Å². The van der Waals surface area contributed by atoms with E-state index >= 15 is 0 Å². The smallest absolute Gasteiger partial charge is 0.259 e. The quantitative estimate of drug-likeness (QED) is 0.641. The number of benzene rings is 1. The largest absolute Gasteiger partial charge is 0.497 e. The van der Waals surface area contributed by atoms with E-state index in [4.69, 9.17) is 4.74 Å². The predicted molar refractivity (Wildman–Crippen MR) is 93.0 cm³/mol. The van der Waals surface area contributed by atoms with E-state index in [0.717, 1.165) is 36.3 Å². The maximum absolute atomic E-state index is 12.0. The van der Waals surface area contributed by atoms with Crippen LogP contribution in [0.5, 0.6) is 5.75 Å². The third kappa shape index (κ3) is 5.68. The van der Waals surface area contributed by atoms with Crippen LogP contribution in [0.1, 0.15) is 38.2 Å². The molecule has 6 heteroatoms. The van der Waals surface area contributed by atoms with Crippen molar-refractivity contribution in [3.8, 4) is 5.75 Å². The summed E-state index contributed by atoms with van der Waals surface area (Å²) in [5.41, 5.74) is 4.44. The van der Waals surface area contributed by atoms with Gasteiger partial charge in [0.05, 0.1) is 7.11 Å². The van der Waals surface area contributed by atoms with Crippen LogP contribution in [0, 0.1) is 0 Å². The molecule has 0 bridgehead atoms. The molecule has 1 aromatic carbocycles. The lowest BCUT2D eigenvalue weighted by Gasteiger charge is -2.19. The molecule has 130 valence electrons. The minimum Gasteiger partial charge on any atom is -0.497 e. The van der Waals surface area contributed by atoms with Crippen LogP contribution in [0.15, 0.2) is 29.4 Å². The molecule has 0 spiro atoms. The van der Waals surface area contributed by atoms with Crippen molar-refractivity contribution in [2.45, 2.75) is 39.0 Å². The van der Waals surface area contributed by atoms with E-state index in [1.54, 1.807) is 12.0 Å².